The highest BCUT2D eigenvalue weighted by atomic mass is 14.9. The minimum absolute atomic E-state index is 0.680. The van der Waals surface area contributed by atoms with E-state index in [-0.39, 0.29) is 0 Å². The van der Waals surface area contributed by atoms with Gasteiger partial charge in [0.2, 0.25) is 0 Å². The molecule has 0 heterocycles. The fraction of sp³-hybridized carbons (Fsp3) is 0.333. The zero-order valence-electron chi connectivity index (χ0n) is 7.15. The highest BCUT2D eigenvalue weighted by molar-refractivity contribution is 5.24. The first-order chi connectivity index (χ1) is 5.11. The molecular formula is C9H12N2. The van der Waals surface area contributed by atoms with Gasteiger partial charge in [0.1, 0.15) is 0 Å². The Morgan fingerprint density at radius 2 is 1.91 bits per heavy atom. The Morgan fingerprint density at radius 3 is 2.27 bits per heavy atom. The van der Waals surface area contributed by atoms with E-state index in [1.54, 1.807) is 6.92 Å². The predicted octanol–water partition coefficient (Wildman–Crippen LogP) is 2.08. The molecule has 0 rings (SSSR count). The van der Waals surface area contributed by atoms with Gasteiger partial charge in [-0.3, -0.25) is 0 Å². The van der Waals surface area contributed by atoms with Gasteiger partial charge in [-0.05, 0) is 20.8 Å². The molecule has 0 aromatic rings. The highest BCUT2D eigenvalue weighted by Gasteiger charge is 1.93. The van der Waals surface area contributed by atoms with Crippen molar-refractivity contribution in [1.82, 2.24) is 5.32 Å². The summed E-state index contributed by atoms with van der Waals surface area (Å²) in [6, 6.07) is 2.05. The molecule has 11 heavy (non-hydrogen) atoms. The first-order valence-corrected chi connectivity index (χ1v) is 3.33. The molecule has 0 saturated carbocycles. The standard InChI is InChI=1S/C9H12N2/c1-5-8(3)11-9(4)7(2)6-10/h11H,1H2,2-4H3/b9-7+. The molecule has 0 unspecified atom stereocenters. The predicted molar refractivity (Wildman–Crippen MR) is 45.4 cm³/mol. The number of hydrogen-bond acceptors (Lipinski definition) is 2. The Kier molecular flexibility index (Phi) is 3.80. The first-order valence-electron chi connectivity index (χ1n) is 3.33. The van der Waals surface area contributed by atoms with Crippen LogP contribution >= 0.6 is 0 Å². The van der Waals surface area contributed by atoms with Crippen LogP contribution < -0.4 is 5.32 Å². The van der Waals surface area contributed by atoms with Crippen LogP contribution in [0.15, 0.2) is 29.3 Å². The summed E-state index contributed by atoms with van der Waals surface area (Å²) in [6.07, 6.45) is 0. The van der Waals surface area contributed by atoms with Gasteiger partial charge in [0.05, 0.1) is 11.8 Å². The van der Waals surface area contributed by atoms with Crippen molar-refractivity contribution in [3.63, 3.8) is 0 Å². The lowest BCUT2D eigenvalue weighted by Gasteiger charge is -2.04. The molecule has 0 saturated heterocycles. The third-order valence-electron chi connectivity index (χ3n) is 1.37. The van der Waals surface area contributed by atoms with Gasteiger partial charge in [-0.25, -0.2) is 0 Å². The van der Waals surface area contributed by atoms with Crippen molar-refractivity contribution in [2.24, 2.45) is 0 Å². The maximum atomic E-state index is 8.50. The Morgan fingerprint density at radius 1 is 1.36 bits per heavy atom. The normalized spacial score (nSPS) is 10.7. The summed E-state index contributed by atoms with van der Waals surface area (Å²) in [5.41, 5.74) is 5.05. The van der Waals surface area contributed by atoms with E-state index in [4.69, 9.17) is 5.26 Å². The molecule has 2 heteroatoms. The Bertz CT molecular complexity index is 260. The lowest BCUT2D eigenvalue weighted by Crippen LogP contribution is -2.08. The van der Waals surface area contributed by atoms with Crippen molar-refractivity contribution in [2.75, 3.05) is 0 Å². The van der Waals surface area contributed by atoms with Crippen LogP contribution in [0.4, 0.5) is 0 Å². The molecule has 58 valence electrons. The van der Waals surface area contributed by atoms with Crippen LogP contribution in [0.1, 0.15) is 20.8 Å². The minimum Gasteiger partial charge on any atom is -0.356 e. The molecule has 0 aliphatic heterocycles. The zero-order valence-corrected chi connectivity index (χ0v) is 7.15. The molecule has 0 amide bonds. The lowest BCUT2D eigenvalue weighted by atomic mass is 10.2. The molecule has 0 spiro atoms. The number of allylic oxidation sites excluding steroid dienone is 3. The van der Waals surface area contributed by atoms with Crippen molar-refractivity contribution < 1.29 is 0 Å². The topological polar surface area (TPSA) is 35.8 Å². The van der Waals surface area contributed by atoms with Gasteiger partial charge in [-0.1, -0.05) is 6.58 Å². The summed E-state index contributed by atoms with van der Waals surface area (Å²) in [5, 5.41) is 11.5. The fourth-order valence-electron chi connectivity index (χ4n) is 0.503. The van der Waals surface area contributed by atoms with E-state index in [9.17, 15) is 0 Å². The summed E-state index contributed by atoms with van der Waals surface area (Å²) in [6.45, 7) is 8.93. The van der Waals surface area contributed by atoms with Gasteiger partial charge in [0.15, 0.2) is 0 Å². The average Bonchev–Trinajstić information content (AvgIpc) is 2.02. The molecule has 1 N–H and O–H groups in total. The van der Waals surface area contributed by atoms with Crippen LogP contribution in [-0.2, 0) is 0 Å². The van der Waals surface area contributed by atoms with Gasteiger partial charge >= 0.3 is 0 Å². The molecule has 0 aromatic carbocycles. The molecule has 0 bridgehead atoms. The third-order valence-corrected chi connectivity index (χ3v) is 1.37. The highest BCUT2D eigenvalue weighted by Crippen LogP contribution is 1.99. The number of nitrogens with zero attached hydrogens (tertiary/aromatic N) is 1. The van der Waals surface area contributed by atoms with Crippen LogP contribution in [0.3, 0.4) is 0 Å². The second kappa shape index (κ2) is 4.38. The zero-order chi connectivity index (χ0) is 8.85. The molecule has 2 nitrogen and oxygen atoms in total. The summed E-state index contributed by atoms with van der Waals surface area (Å²) < 4.78 is 0. The van der Waals surface area contributed by atoms with E-state index in [0.717, 1.165) is 11.4 Å². The van der Waals surface area contributed by atoms with Gasteiger partial charge in [0.25, 0.3) is 0 Å². The molecule has 0 radical (unpaired) electrons. The number of nitrogens with one attached hydrogen (secondary N) is 1. The lowest BCUT2D eigenvalue weighted by molar-refractivity contribution is 0.955. The fourth-order valence-corrected chi connectivity index (χ4v) is 0.503. The summed E-state index contributed by atoms with van der Waals surface area (Å²) >= 11 is 0. The molecule has 0 atom stereocenters. The van der Waals surface area contributed by atoms with Gasteiger partial charge in [-0.2, -0.15) is 5.26 Å². The summed E-state index contributed by atoms with van der Waals surface area (Å²) in [5.74, 6) is 0. The van der Waals surface area contributed by atoms with Gasteiger partial charge in [0, 0.05) is 11.3 Å². The second-order valence-corrected chi connectivity index (χ2v) is 2.29. The monoisotopic (exact) mass is 148 g/mol. The van der Waals surface area contributed by atoms with Crippen molar-refractivity contribution >= 4 is 0 Å². The molecule has 0 aliphatic carbocycles. The molecular weight excluding hydrogens is 136 g/mol. The van der Waals surface area contributed by atoms with Gasteiger partial charge in [-0.15, -0.1) is 5.73 Å². The van der Waals surface area contributed by atoms with Crippen LogP contribution in [0, 0.1) is 11.3 Å². The van der Waals surface area contributed by atoms with Crippen LogP contribution in [-0.4, -0.2) is 0 Å². The largest absolute Gasteiger partial charge is 0.356 e. The van der Waals surface area contributed by atoms with Crippen LogP contribution in [0.25, 0.3) is 0 Å². The first kappa shape index (κ1) is 9.55. The van der Waals surface area contributed by atoms with Crippen molar-refractivity contribution in [1.29, 1.82) is 5.26 Å². The summed E-state index contributed by atoms with van der Waals surface area (Å²) in [4.78, 5) is 0. The maximum absolute atomic E-state index is 8.50. The SMILES string of the molecule is C=C=C(C)N/C(C)=C(\C)C#N. The van der Waals surface area contributed by atoms with Crippen molar-refractivity contribution in [3.8, 4) is 6.07 Å². The van der Waals surface area contributed by atoms with E-state index < -0.39 is 0 Å². The Hall–Kier alpha value is -1.45. The molecule has 0 fully saturated rings. The second-order valence-electron chi connectivity index (χ2n) is 2.29. The van der Waals surface area contributed by atoms with Crippen molar-refractivity contribution in [3.05, 3.63) is 29.3 Å². The van der Waals surface area contributed by atoms with Crippen molar-refractivity contribution in [2.45, 2.75) is 20.8 Å². The molecule has 0 aromatic heterocycles. The van der Waals surface area contributed by atoms with E-state index in [0.29, 0.717) is 5.57 Å². The quantitative estimate of drug-likeness (QED) is 0.480. The Labute approximate surface area is 67.5 Å². The third kappa shape index (κ3) is 3.30. The van der Waals surface area contributed by atoms with Crippen LogP contribution in [0.5, 0.6) is 0 Å². The number of hydrogen-bond donors (Lipinski definition) is 1. The van der Waals surface area contributed by atoms with E-state index >= 15 is 0 Å². The van der Waals surface area contributed by atoms with Gasteiger partial charge < -0.3 is 5.32 Å². The van der Waals surface area contributed by atoms with E-state index in [2.05, 4.69) is 17.6 Å². The molecule has 0 aliphatic rings. The average molecular weight is 148 g/mol. The Balaban J connectivity index is 4.44. The van der Waals surface area contributed by atoms with Crippen LogP contribution in [0.2, 0.25) is 0 Å². The van der Waals surface area contributed by atoms with E-state index in [1.807, 2.05) is 19.9 Å². The summed E-state index contributed by atoms with van der Waals surface area (Å²) in [7, 11) is 0. The van der Waals surface area contributed by atoms with E-state index in [1.165, 1.54) is 0 Å². The minimum atomic E-state index is 0.680. The number of nitriles is 1. The smallest absolute Gasteiger partial charge is 0.0962 e. The number of rotatable bonds is 2. The maximum Gasteiger partial charge on any atom is 0.0962 e.